The summed E-state index contributed by atoms with van der Waals surface area (Å²) in [5.74, 6) is 0.268. The van der Waals surface area contributed by atoms with Gasteiger partial charge in [-0.25, -0.2) is 8.42 Å². The van der Waals surface area contributed by atoms with E-state index in [2.05, 4.69) is 9.88 Å². The van der Waals surface area contributed by atoms with Gasteiger partial charge in [0.15, 0.2) is 0 Å². The second-order valence-electron chi connectivity index (χ2n) is 3.16. The fourth-order valence-corrected chi connectivity index (χ4v) is 2.22. The SMILES string of the molecule is Cc1cc(CS(=O)(=O)NC(C)C#N)no1. The smallest absolute Gasteiger partial charge is 0.218 e. The fourth-order valence-electron chi connectivity index (χ4n) is 1.02. The first-order chi connectivity index (χ1) is 6.93. The zero-order chi connectivity index (χ0) is 11.5. The minimum absolute atomic E-state index is 0.281. The van der Waals surface area contributed by atoms with Crippen LogP contribution < -0.4 is 4.72 Å². The molecule has 0 bridgehead atoms. The summed E-state index contributed by atoms with van der Waals surface area (Å²) in [7, 11) is -3.53. The molecule has 0 aliphatic carbocycles. The zero-order valence-corrected chi connectivity index (χ0v) is 9.21. The first-order valence-corrected chi connectivity index (χ1v) is 5.90. The van der Waals surface area contributed by atoms with Crippen LogP contribution in [-0.2, 0) is 15.8 Å². The second kappa shape index (κ2) is 4.42. The molecule has 0 saturated carbocycles. The number of aryl methyl sites for hydroxylation is 1. The lowest BCUT2D eigenvalue weighted by molar-refractivity contribution is 0.392. The first kappa shape index (κ1) is 11.7. The van der Waals surface area contributed by atoms with Crippen molar-refractivity contribution in [3.63, 3.8) is 0 Å². The maximum atomic E-state index is 11.4. The van der Waals surface area contributed by atoms with Gasteiger partial charge in [0.2, 0.25) is 10.0 Å². The highest BCUT2D eigenvalue weighted by molar-refractivity contribution is 7.88. The normalized spacial score (nSPS) is 13.4. The molecule has 1 atom stereocenters. The number of nitrogens with one attached hydrogen (secondary N) is 1. The summed E-state index contributed by atoms with van der Waals surface area (Å²) in [5, 5.41) is 12.0. The highest BCUT2D eigenvalue weighted by Gasteiger charge is 2.16. The Morgan fingerprint density at radius 3 is 2.87 bits per heavy atom. The van der Waals surface area contributed by atoms with Gasteiger partial charge in [0.1, 0.15) is 23.2 Å². The van der Waals surface area contributed by atoms with Crippen molar-refractivity contribution in [1.29, 1.82) is 5.26 Å². The second-order valence-corrected chi connectivity index (χ2v) is 4.91. The van der Waals surface area contributed by atoms with Crippen LogP contribution in [0.3, 0.4) is 0 Å². The van der Waals surface area contributed by atoms with Gasteiger partial charge in [-0.3, -0.25) is 0 Å². The van der Waals surface area contributed by atoms with E-state index in [0.29, 0.717) is 11.5 Å². The Hall–Kier alpha value is -1.39. The van der Waals surface area contributed by atoms with Gasteiger partial charge >= 0.3 is 0 Å². The van der Waals surface area contributed by atoms with Gasteiger partial charge in [0.05, 0.1) is 6.07 Å². The third-order valence-corrected chi connectivity index (χ3v) is 2.95. The molecule has 82 valence electrons. The molecule has 0 aromatic carbocycles. The van der Waals surface area contributed by atoms with E-state index in [-0.39, 0.29) is 5.75 Å². The summed E-state index contributed by atoms with van der Waals surface area (Å²) in [6.07, 6.45) is 0. The molecule has 0 aliphatic rings. The highest BCUT2D eigenvalue weighted by atomic mass is 32.2. The lowest BCUT2D eigenvalue weighted by Gasteiger charge is -2.05. The summed E-state index contributed by atoms with van der Waals surface area (Å²) in [6, 6.07) is 2.57. The third-order valence-electron chi connectivity index (χ3n) is 1.56. The van der Waals surface area contributed by atoms with Crippen molar-refractivity contribution in [2.75, 3.05) is 0 Å². The number of sulfonamides is 1. The van der Waals surface area contributed by atoms with Crippen LogP contribution in [0.5, 0.6) is 0 Å². The Bertz CT molecular complexity index is 472. The van der Waals surface area contributed by atoms with Crippen LogP contribution in [0, 0.1) is 18.3 Å². The average Bonchev–Trinajstić information content (AvgIpc) is 2.49. The van der Waals surface area contributed by atoms with Crippen LogP contribution in [0.25, 0.3) is 0 Å². The molecule has 0 spiro atoms. The van der Waals surface area contributed by atoms with Gasteiger partial charge in [-0.2, -0.15) is 9.98 Å². The molecule has 1 unspecified atom stereocenters. The molecular weight excluding hydrogens is 218 g/mol. The zero-order valence-electron chi connectivity index (χ0n) is 8.39. The Labute approximate surface area is 87.9 Å². The summed E-state index contributed by atoms with van der Waals surface area (Å²) in [5.41, 5.74) is 0.324. The molecule has 0 fully saturated rings. The van der Waals surface area contributed by atoms with Crippen molar-refractivity contribution in [1.82, 2.24) is 9.88 Å². The fraction of sp³-hybridized carbons (Fsp3) is 0.500. The van der Waals surface area contributed by atoms with Crippen LogP contribution in [0.15, 0.2) is 10.6 Å². The van der Waals surface area contributed by atoms with Crippen molar-refractivity contribution in [3.8, 4) is 6.07 Å². The van der Waals surface area contributed by atoms with E-state index in [1.807, 2.05) is 0 Å². The van der Waals surface area contributed by atoms with Crippen LogP contribution in [0.4, 0.5) is 0 Å². The number of hydrogen-bond donors (Lipinski definition) is 1. The lowest BCUT2D eigenvalue weighted by Crippen LogP contribution is -2.32. The molecule has 7 heteroatoms. The minimum atomic E-state index is -3.53. The van der Waals surface area contributed by atoms with Gasteiger partial charge in [0.25, 0.3) is 0 Å². The first-order valence-electron chi connectivity index (χ1n) is 4.25. The predicted molar refractivity (Wildman–Crippen MR) is 52.1 cm³/mol. The molecule has 1 rings (SSSR count). The van der Waals surface area contributed by atoms with E-state index in [1.165, 1.54) is 13.0 Å². The Morgan fingerprint density at radius 2 is 2.40 bits per heavy atom. The molecular formula is C8H11N3O3S. The van der Waals surface area contributed by atoms with Crippen LogP contribution >= 0.6 is 0 Å². The Balaban J connectivity index is 2.70. The van der Waals surface area contributed by atoms with Crippen molar-refractivity contribution < 1.29 is 12.9 Å². The maximum absolute atomic E-state index is 11.4. The number of hydrogen-bond acceptors (Lipinski definition) is 5. The quantitative estimate of drug-likeness (QED) is 0.801. The summed E-state index contributed by atoms with van der Waals surface area (Å²) >= 11 is 0. The standard InChI is InChI=1S/C8H11N3O3S/c1-6(4-9)11-15(12,13)5-8-3-7(2)14-10-8/h3,6,11H,5H2,1-2H3. The number of aromatic nitrogens is 1. The molecule has 1 aromatic rings. The summed E-state index contributed by atoms with van der Waals surface area (Å²) in [6.45, 7) is 3.14. The molecule has 1 heterocycles. The topological polar surface area (TPSA) is 96.0 Å². The summed E-state index contributed by atoms with van der Waals surface area (Å²) < 4.78 is 29.8. The molecule has 1 N–H and O–H groups in total. The van der Waals surface area contributed by atoms with Gasteiger partial charge in [0, 0.05) is 6.07 Å². The van der Waals surface area contributed by atoms with E-state index in [4.69, 9.17) is 9.78 Å². The average molecular weight is 229 g/mol. The van der Waals surface area contributed by atoms with E-state index in [9.17, 15) is 8.42 Å². The van der Waals surface area contributed by atoms with Crippen molar-refractivity contribution in [2.24, 2.45) is 0 Å². The Morgan fingerprint density at radius 1 is 1.73 bits per heavy atom. The molecule has 0 aliphatic heterocycles. The van der Waals surface area contributed by atoms with Crippen LogP contribution in [0.1, 0.15) is 18.4 Å². The molecule has 0 saturated heterocycles. The molecule has 15 heavy (non-hydrogen) atoms. The number of nitrogens with zero attached hydrogens (tertiary/aromatic N) is 2. The van der Waals surface area contributed by atoms with Gasteiger partial charge in [-0.1, -0.05) is 5.16 Å². The van der Waals surface area contributed by atoms with Gasteiger partial charge < -0.3 is 4.52 Å². The molecule has 0 radical (unpaired) electrons. The number of nitriles is 1. The molecule has 1 aromatic heterocycles. The van der Waals surface area contributed by atoms with Crippen molar-refractivity contribution in [2.45, 2.75) is 25.6 Å². The predicted octanol–water partition coefficient (Wildman–Crippen LogP) is 0.315. The highest BCUT2D eigenvalue weighted by Crippen LogP contribution is 2.05. The van der Waals surface area contributed by atoms with Crippen LogP contribution in [0.2, 0.25) is 0 Å². The Kier molecular flexibility index (Phi) is 3.44. The van der Waals surface area contributed by atoms with E-state index in [0.717, 1.165) is 0 Å². The third kappa shape index (κ3) is 3.69. The van der Waals surface area contributed by atoms with Gasteiger partial charge in [-0.15, -0.1) is 0 Å². The molecule has 6 nitrogen and oxygen atoms in total. The van der Waals surface area contributed by atoms with Crippen LogP contribution in [-0.4, -0.2) is 19.6 Å². The van der Waals surface area contributed by atoms with E-state index < -0.39 is 16.1 Å². The largest absolute Gasteiger partial charge is 0.361 e. The minimum Gasteiger partial charge on any atom is -0.361 e. The molecule has 0 amide bonds. The van der Waals surface area contributed by atoms with E-state index in [1.54, 1.807) is 13.0 Å². The lowest BCUT2D eigenvalue weighted by atomic mass is 10.4. The van der Waals surface area contributed by atoms with Crippen molar-refractivity contribution in [3.05, 3.63) is 17.5 Å². The maximum Gasteiger partial charge on any atom is 0.218 e. The number of rotatable bonds is 4. The monoisotopic (exact) mass is 229 g/mol. The van der Waals surface area contributed by atoms with Crippen molar-refractivity contribution >= 4 is 10.0 Å². The van der Waals surface area contributed by atoms with E-state index >= 15 is 0 Å². The van der Waals surface area contributed by atoms with Gasteiger partial charge in [-0.05, 0) is 13.8 Å². The summed E-state index contributed by atoms with van der Waals surface area (Å²) in [4.78, 5) is 0.